The fourth-order valence-electron chi connectivity index (χ4n) is 1.86. The van der Waals surface area contributed by atoms with Crippen LogP contribution in [-0.2, 0) is 4.84 Å². The largest absolute Gasteiger partial charge is 0.336 e. The molecule has 0 spiro atoms. The van der Waals surface area contributed by atoms with Gasteiger partial charge in [-0.1, -0.05) is 17.7 Å². The van der Waals surface area contributed by atoms with Crippen molar-refractivity contribution in [3.8, 4) is 0 Å². The van der Waals surface area contributed by atoms with Gasteiger partial charge in [-0.25, -0.2) is 19.2 Å². The standard InChI is InChI=1S/C16H13BrClF2N3O2/c1-3-4-25-23-16(24)9-6-11(18)12(19)13(20)14(9)22-15-10(17)5-8(2)7-21-15/h3,5-7H,1,4H2,2H3,(H,21,22)(H,23,24). The Balaban J connectivity index is 2.45. The van der Waals surface area contributed by atoms with E-state index in [0.29, 0.717) is 4.47 Å². The van der Waals surface area contributed by atoms with Gasteiger partial charge in [0.05, 0.1) is 27.4 Å². The second-order valence-electron chi connectivity index (χ2n) is 4.91. The van der Waals surface area contributed by atoms with Gasteiger partial charge in [-0.15, -0.1) is 6.58 Å². The third-order valence-electron chi connectivity index (χ3n) is 2.99. The van der Waals surface area contributed by atoms with Crippen LogP contribution in [-0.4, -0.2) is 17.5 Å². The number of benzene rings is 1. The topological polar surface area (TPSA) is 63.2 Å². The zero-order valence-electron chi connectivity index (χ0n) is 13.0. The summed E-state index contributed by atoms with van der Waals surface area (Å²) in [5.74, 6) is -3.20. The molecule has 25 heavy (non-hydrogen) atoms. The predicted octanol–water partition coefficient (Wildman–Crippen LogP) is 4.68. The summed E-state index contributed by atoms with van der Waals surface area (Å²) in [6.45, 7) is 5.29. The molecular weight excluding hydrogens is 420 g/mol. The molecule has 2 aromatic rings. The van der Waals surface area contributed by atoms with Gasteiger partial charge in [0, 0.05) is 6.20 Å². The lowest BCUT2D eigenvalue weighted by molar-refractivity contribution is 0.0422. The van der Waals surface area contributed by atoms with Crippen LogP contribution < -0.4 is 10.8 Å². The van der Waals surface area contributed by atoms with E-state index in [1.165, 1.54) is 12.3 Å². The third kappa shape index (κ3) is 4.53. The number of aryl methyl sites for hydroxylation is 1. The molecule has 0 aliphatic heterocycles. The first-order chi connectivity index (χ1) is 11.8. The van der Waals surface area contributed by atoms with Gasteiger partial charge in [0.15, 0.2) is 11.6 Å². The molecular formula is C16H13BrClF2N3O2. The van der Waals surface area contributed by atoms with Crippen LogP contribution in [0, 0.1) is 18.6 Å². The van der Waals surface area contributed by atoms with Crippen LogP contribution in [0.25, 0.3) is 0 Å². The fraction of sp³-hybridized carbons (Fsp3) is 0.125. The predicted molar refractivity (Wildman–Crippen MR) is 94.9 cm³/mol. The Bertz CT molecular complexity index is 834. The number of halogens is 4. The van der Waals surface area contributed by atoms with Crippen molar-refractivity contribution >= 4 is 44.9 Å². The number of carbonyl (C=O) groups excluding carboxylic acids is 1. The number of amides is 1. The van der Waals surface area contributed by atoms with Crippen LogP contribution in [0.2, 0.25) is 5.02 Å². The van der Waals surface area contributed by atoms with Crippen molar-refractivity contribution in [3.05, 3.63) is 63.2 Å². The summed E-state index contributed by atoms with van der Waals surface area (Å²) in [6.07, 6.45) is 2.94. The Labute approximate surface area is 156 Å². The highest BCUT2D eigenvalue weighted by atomic mass is 79.9. The molecule has 1 aromatic carbocycles. The van der Waals surface area contributed by atoms with Gasteiger partial charge in [-0.05, 0) is 40.5 Å². The van der Waals surface area contributed by atoms with E-state index in [2.05, 4.69) is 38.3 Å². The fourth-order valence-corrected chi connectivity index (χ4v) is 2.62. The molecule has 0 aliphatic carbocycles. The summed E-state index contributed by atoms with van der Waals surface area (Å²) in [5, 5.41) is 2.07. The lowest BCUT2D eigenvalue weighted by Gasteiger charge is -2.15. The van der Waals surface area contributed by atoms with E-state index in [1.54, 1.807) is 6.07 Å². The van der Waals surface area contributed by atoms with Gasteiger partial charge in [0.2, 0.25) is 0 Å². The second-order valence-corrected chi connectivity index (χ2v) is 6.17. The van der Waals surface area contributed by atoms with E-state index in [0.717, 1.165) is 11.6 Å². The normalized spacial score (nSPS) is 10.4. The van der Waals surface area contributed by atoms with Gasteiger partial charge in [-0.3, -0.25) is 9.63 Å². The van der Waals surface area contributed by atoms with Gasteiger partial charge < -0.3 is 5.32 Å². The van der Waals surface area contributed by atoms with E-state index < -0.39 is 28.3 Å². The molecule has 9 heteroatoms. The van der Waals surface area contributed by atoms with Crippen LogP contribution in [0.3, 0.4) is 0 Å². The number of anilines is 2. The molecule has 0 saturated heterocycles. The highest BCUT2D eigenvalue weighted by Crippen LogP contribution is 2.32. The van der Waals surface area contributed by atoms with Crippen LogP contribution in [0.5, 0.6) is 0 Å². The maximum Gasteiger partial charge on any atom is 0.277 e. The number of nitrogens with one attached hydrogen (secondary N) is 2. The summed E-state index contributed by atoms with van der Waals surface area (Å²) in [7, 11) is 0. The molecule has 0 saturated carbocycles. The molecule has 2 rings (SSSR count). The minimum atomic E-state index is -1.31. The maximum atomic E-state index is 14.4. The van der Waals surface area contributed by atoms with Crippen molar-refractivity contribution < 1.29 is 18.4 Å². The van der Waals surface area contributed by atoms with Gasteiger partial charge in [-0.2, -0.15) is 0 Å². The third-order valence-corrected chi connectivity index (χ3v) is 3.87. The molecule has 1 aromatic heterocycles. The number of hydrogen-bond donors (Lipinski definition) is 2. The molecule has 2 N–H and O–H groups in total. The van der Waals surface area contributed by atoms with Crippen molar-refractivity contribution in [1.82, 2.24) is 10.5 Å². The van der Waals surface area contributed by atoms with E-state index in [9.17, 15) is 13.6 Å². The van der Waals surface area contributed by atoms with Crippen LogP contribution in [0.15, 0.2) is 35.5 Å². The number of nitrogens with zero attached hydrogens (tertiary/aromatic N) is 1. The molecule has 1 amide bonds. The molecule has 0 unspecified atom stereocenters. The molecule has 132 valence electrons. The molecule has 0 atom stereocenters. The first-order valence-electron chi connectivity index (χ1n) is 6.94. The van der Waals surface area contributed by atoms with Gasteiger partial charge in [0.1, 0.15) is 5.82 Å². The minimum absolute atomic E-state index is 0.0387. The summed E-state index contributed by atoms with van der Waals surface area (Å²) in [5.41, 5.74) is 2.29. The van der Waals surface area contributed by atoms with Gasteiger partial charge >= 0.3 is 0 Å². The SMILES string of the molecule is C=CCONC(=O)c1cc(Cl)c(F)c(F)c1Nc1ncc(C)cc1Br. The zero-order valence-corrected chi connectivity index (χ0v) is 15.3. The average molecular weight is 433 g/mol. The number of carbonyl (C=O) groups is 1. The van der Waals surface area contributed by atoms with E-state index >= 15 is 0 Å². The number of hydroxylamine groups is 1. The summed E-state index contributed by atoms with van der Waals surface area (Å²) in [4.78, 5) is 21.1. The van der Waals surface area contributed by atoms with Crippen molar-refractivity contribution in [2.24, 2.45) is 0 Å². The number of rotatable bonds is 6. The Morgan fingerprint density at radius 2 is 2.16 bits per heavy atom. The molecule has 1 heterocycles. The monoisotopic (exact) mass is 431 g/mol. The van der Waals surface area contributed by atoms with E-state index in [-0.39, 0.29) is 18.0 Å². The van der Waals surface area contributed by atoms with Crippen molar-refractivity contribution in [2.45, 2.75) is 6.92 Å². The first kappa shape index (κ1) is 19.3. The lowest BCUT2D eigenvalue weighted by atomic mass is 10.1. The van der Waals surface area contributed by atoms with Crippen molar-refractivity contribution in [1.29, 1.82) is 0 Å². The average Bonchev–Trinajstić information content (AvgIpc) is 2.57. The molecule has 0 bridgehead atoms. The van der Waals surface area contributed by atoms with Crippen molar-refractivity contribution in [2.75, 3.05) is 11.9 Å². The van der Waals surface area contributed by atoms with Crippen LogP contribution in [0.4, 0.5) is 20.3 Å². The Morgan fingerprint density at radius 3 is 2.80 bits per heavy atom. The van der Waals surface area contributed by atoms with Crippen LogP contribution >= 0.6 is 27.5 Å². The zero-order chi connectivity index (χ0) is 18.6. The van der Waals surface area contributed by atoms with Gasteiger partial charge in [0.25, 0.3) is 5.91 Å². The minimum Gasteiger partial charge on any atom is -0.336 e. The quantitative estimate of drug-likeness (QED) is 0.301. The second kappa shape index (κ2) is 8.37. The Hall–Kier alpha value is -2.03. The number of pyridine rings is 1. The number of hydrogen-bond acceptors (Lipinski definition) is 4. The highest BCUT2D eigenvalue weighted by molar-refractivity contribution is 9.10. The van der Waals surface area contributed by atoms with Crippen LogP contribution in [0.1, 0.15) is 15.9 Å². The number of aromatic nitrogens is 1. The first-order valence-corrected chi connectivity index (χ1v) is 8.12. The maximum absolute atomic E-state index is 14.4. The van der Waals surface area contributed by atoms with E-state index in [4.69, 9.17) is 16.4 Å². The highest BCUT2D eigenvalue weighted by Gasteiger charge is 2.23. The molecule has 5 nitrogen and oxygen atoms in total. The molecule has 0 aliphatic rings. The Kier molecular flexibility index (Phi) is 6.46. The molecule has 0 fully saturated rings. The summed E-state index contributed by atoms with van der Waals surface area (Å²) >= 11 is 8.92. The smallest absolute Gasteiger partial charge is 0.277 e. The Morgan fingerprint density at radius 1 is 1.44 bits per heavy atom. The molecule has 0 radical (unpaired) electrons. The summed E-state index contributed by atoms with van der Waals surface area (Å²) in [6, 6.07) is 2.73. The lowest BCUT2D eigenvalue weighted by Crippen LogP contribution is -2.25. The van der Waals surface area contributed by atoms with E-state index in [1.807, 2.05) is 6.92 Å². The summed E-state index contributed by atoms with van der Waals surface area (Å²) < 4.78 is 28.7. The van der Waals surface area contributed by atoms with Crippen molar-refractivity contribution in [3.63, 3.8) is 0 Å².